The molecule has 8 nitrogen and oxygen atoms in total. The first-order chi connectivity index (χ1) is 21.1. The fourth-order valence-electron chi connectivity index (χ4n) is 3.21. The van der Waals surface area contributed by atoms with E-state index in [1.54, 1.807) is 57.2 Å². The molecule has 0 N–H and O–H groups in total. The monoisotopic (exact) mass is 616 g/mol. The van der Waals surface area contributed by atoms with Gasteiger partial charge in [0.05, 0.1) is 4.92 Å². The van der Waals surface area contributed by atoms with E-state index in [0.29, 0.717) is 11.1 Å². The Labute approximate surface area is 260 Å². The number of nitro groups is 1. The first-order valence-corrected chi connectivity index (χ1v) is 13.3. The summed E-state index contributed by atoms with van der Waals surface area (Å²) in [5.41, 5.74) is 3.75. The van der Waals surface area contributed by atoms with Gasteiger partial charge in [0.2, 0.25) is 0 Å². The van der Waals surface area contributed by atoms with Crippen LogP contribution in [0.3, 0.4) is 0 Å². The third-order valence-electron chi connectivity index (χ3n) is 5.59. The SMILES string of the molecule is Cc1cc([O-])ccc1F.Cc1cc([O-])ccc1[N+](=O)[O-].Cc1ccc(F)c([O-])c1.Cc1ccc([O-])cc1.Cc1cccc([O-])c1. The Bertz CT molecular complexity index is 1570. The standard InChI is InChI=1S/2C7H7FO.C7H7NO3.2C7H8O/c1-5-4-6(9)2-3-7(5)8;1-5-2-3-6(8)7(9)4-5;1-5-4-6(9)2-3-7(5)8(10)11;1-6-2-4-7(8)5-3-6;1-6-3-2-4-7(8)5-6/h2*2-4,9H,1H3;2-4,9H,1H3;2*2-5,8H,1H3/p-5. The van der Waals surface area contributed by atoms with Crippen molar-refractivity contribution in [3.8, 4) is 28.7 Å². The number of nitro benzene ring substituents is 1. The zero-order valence-electron chi connectivity index (χ0n) is 25.4. The van der Waals surface area contributed by atoms with Crippen LogP contribution in [-0.2, 0) is 0 Å². The van der Waals surface area contributed by atoms with E-state index in [1.807, 2.05) is 32.0 Å². The van der Waals surface area contributed by atoms with Crippen molar-refractivity contribution >= 4 is 5.69 Å². The first kappa shape index (κ1) is 37.4. The van der Waals surface area contributed by atoms with E-state index in [9.17, 15) is 44.4 Å². The topological polar surface area (TPSA) is 158 Å². The fraction of sp³-hybridized carbons (Fsp3) is 0.143. The van der Waals surface area contributed by atoms with Gasteiger partial charge in [0.15, 0.2) is 0 Å². The summed E-state index contributed by atoms with van der Waals surface area (Å²) >= 11 is 0. The molecule has 0 radical (unpaired) electrons. The first-order valence-electron chi connectivity index (χ1n) is 13.3. The van der Waals surface area contributed by atoms with Crippen molar-refractivity contribution in [2.75, 3.05) is 0 Å². The van der Waals surface area contributed by atoms with E-state index >= 15 is 0 Å². The van der Waals surface area contributed by atoms with Crippen LogP contribution in [0.5, 0.6) is 28.7 Å². The number of halogens is 2. The molecule has 0 fully saturated rings. The lowest BCUT2D eigenvalue weighted by Gasteiger charge is -2.05. The lowest BCUT2D eigenvalue weighted by Crippen LogP contribution is -1.94. The largest absolute Gasteiger partial charge is 0.872 e. The summed E-state index contributed by atoms with van der Waals surface area (Å²) in [6, 6.07) is 24.9. The van der Waals surface area contributed by atoms with Gasteiger partial charge in [0, 0.05) is 11.6 Å². The molecule has 0 aliphatic rings. The highest BCUT2D eigenvalue weighted by molar-refractivity contribution is 5.43. The van der Waals surface area contributed by atoms with Gasteiger partial charge in [-0.15, -0.1) is 23.0 Å². The highest BCUT2D eigenvalue weighted by Gasteiger charge is 2.06. The zero-order chi connectivity index (χ0) is 34.1. The second kappa shape index (κ2) is 18.8. The number of hydrogen-bond donors (Lipinski definition) is 0. The fourth-order valence-corrected chi connectivity index (χ4v) is 3.21. The van der Waals surface area contributed by atoms with Crippen molar-refractivity contribution in [1.29, 1.82) is 0 Å². The Morgan fingerprint density at radius 3 is 1.36 bits per heavy atom. The van der Waals surface area contributed by atoms with Crippen molar-refractivity contribution in [1.82, 2.24) is 0 Å². The molecule has 0 aromatic heterocycles. The van der Waals surface area contributed by atoms with Crippen molar-refractivity contribution in [3.63, 3.8) is 0 Å². The minimum Gasteiger partial charge on any atom is -0.872 e. The molecule has 0 spiro atoms. The number of rotatable bonds is 1. The predicted octanol–water partition coefficient (Wildman–Crippen LogP) is 5.53. The Morgan fingerprint density at radius 1 is 0.489 bits per heavy atom. The van der Waals surface area contributed by atoms with Gasteiger partial charge in [0.25, 0.3) is 5.69 Å². The maximum absolute atomic E-state index is 12.4. The van der Waals surface area contributed by atoms with Crippen molar-refractivity contribution in [3.05, 3.63) is 153 Å². The van der Waals surface area contributed by atoms with Gasteiger partial charge in [-0.25, -0.2) is 8.78 Å². The van der Waals surface area contributed by atoms with Gasteiger partial charge >= 0.3 is 0 Å². The van der Waals surface area contributed by atoms with Gasteiger partial charge in [-0.3, -0.25) is 10.1 Å². The molecule has 5 aromatic carbocycles. The maximum atomic E-state index is 12.4. The molecule has 0 amide bonds. The highest BCUT2D eigenvalue weighted by atomic mass is 19.1. The predicted molar refractivity (Wildman–Crippen MR) is 160 cm³/mol. The summed E-state index contributed by atoms with van der Waals surface area (Å²) in [5, 5.41) is 62.7. The number of nitrogens with zero attached hydrogens (tertiary/aromatic N) is 1. The van der Waals surface area contributed by atoms with Gasteiger partial charge in [-0.2, -0.15) is 0 Å². The van der Waals surface area contributed by atoms with Crippen LogP contribution in [0.15, 0.2) is 103 Å². The zero-order valence-corrected chi connectivity index (χ0v) is 25.4. The third kappa shape index (κ3) is 15.4. The Balaban J connectivity index is 0.000000283. The van der Waals surface area contributed by atoms with E-state index in [2.05, 4.69) is 0 Å². The molecule has 45 heavy (non-hydrogen) atoms. The summed E-state index contributed by atoms with van der Waals surface area (Å²) in [5.74, 6) is -1.71. The molecule has 0 unspecified atom stereocenters. The smallest absolute Gasteiger partial charge is 0.272 e. The van der Waals surface area contributed by atoms with Crippen LogP contribution >= 0.6 is 0 Å². The number of aryl methyl sites for hydroxylation is 5. The molecule has 0 aliphatic carbocycles. The molecular formula is C35H32F2NO7-5. The number of benzene rings is 5. The van der Waals surface area contributed by atoms with Crippen LogP contribution in [0.25, 0.3) is 0 Å². The second-order valence-electron chi connectivity index (χ2n) is 9.68. The average Bonchev–Trinajstić information content (AvgIpc) is 2.96. The lowest BCUT2D eigenvalue weighted by atomic mass is 10.2. The molecule has 10 heteroatoms. The quantitative estimate of drug-likeness (QED) is 0.177. The van der Waals surface area contributed by atoms with Crippen LogP contribution in [-0.4, -0.2) is 4.92 Å². The van der Waals surface area contributed by atoms with E-state index in [-0.39, 0.29) is 34.5 Å². The van der Waals surface area contributed by atoms with Gasteiger partial charge < -0.3 is 25.5 Å². The molecule has 0 saturated heterocycles. The highest BCUT2D eigenvalue weighted by Crippen LogP contribution is 2.20. The molecule has 238 valence electrons. The van der Waals surface area contributed by atoms with Crippen molar-refractivity contribution in [2.45, 2.75) is 34.6 Å². The molecule has 5 rings (SSSR count). The van der Waals surface area contributed by atoms with Crippen molar-refractivity contribution < 1.29 is 39.2 Å². The van der Waals surface area contributed by atoms with Crippen molar-refractivity contribution in [2.24, 2.45) is 0 Å². The third-order valence-corrected chi connectivity index (χ3v) is 5.59. The molecule has 0 saturated carbocycles. The summed E-state index contributed by atoms with van der Waals surface area (Å²) in [4.78, 5) is 9.73. The molecular weight excluding hydrogens is 584 g/mol. The van der Waals surface area contributed by atoms with Gasteiger partial charge in [-0.05, 0) is 52.3 Å². The van der Waals surface area contributed by atoms with Crippen LogP contribution in [0.4, 0.5) is 14.5 Å². The number of hydrogen-bond acceptors (Lipinski definition) is 7. The molecule has 0 bridgehead atoms. The molecule has 5 aromatic rings. The van der Waals surface area contributed by atoms with Gasteiger partial charge in [0.1, 0.15) is 11.6 Å². The molecule has 0 atom stereocenters. The Morgan fingerprint density at radius 2 is 0.956 bits per heavy atom. The van der Waals surface area contributed by atoms with Gasteiger partial charge in [-0.1, -0.05) is 107 Å². The van der Waals surface area contributed by atoms with E-state index in [4.69, 9.17) is 0 Å². The van der Waals surface area contributed by atoms with Crippen LogP contribution in [0.1, 0.15) is 27.8 Å². The summed E-state index contributed by atoms with van der Waals surface area (Å²) < 4.78 is 24.5. The van der Waals surface area contributed by atoms with E-state index < -0.39 is 16.5 Å². The van der Waals surface area contributed by atoms with Crippen LogP contribution in [0.2, 0.25) is 0 Å². The lowest BCUT2D eigenvalue weighted by molar-refractivity contribution is -0.385. The second-order valence-corrected chi connectivity index (χ2v) is 9.68. The Hall–Kier alpha value is -5.64. The van der Waals surface area contributed by atoms with Crippen LogP contribution in [0, 0.1) is 56.4 Å². The average molecular weight is 617 g/mol. The van der Waals surface area contributed by atoms with E-state index in [0.717, 1.165) is 16.7 Å². The molecule has 0 heterocycles. The minimum absolute atomic E-state index is 0.00963. The Kier molecular flexibility index (Phi) is 15.6. The van der Waals surface area contributed by atoms with E-state index in [1.165, 1.54) is 48.5 Å². The summed E-state index contributed by atoms with van der Waals surface area (Å²) in [6.45, 7) is 8.72. The van der Waals surface area contributed by atoms with Crippen LogP contribution < -0.4 is 25.5 Å². The molecule has 0 aliphatic heterocycles. The minimum atomic E-state index is -0.680. The summed E-state index contributed by atoms with van der Waals surface area (Å²) in [6.07, 6.45) is 0. The maximum Gasteiger partial charge on any atom is 0.272 e. The normalized spacial score (nSPS) is 9.40. The summed E-state index contributed by atoms with van der Waals surface area (Å²) in [7, 11) is 0.